The largest absolute Gasteiger partial charge is 0.288 e. The zero-order valence-electron chi connectivity index (χ0n) is 13.9. The third-order valence-electron chi connectivity index (χ3n) is 3.99. The van der Waals surface area contributed by atoms with Crippen molar-refractivity contribution in [3.05, 3.63) is 71.9 Å². The van der Waals surface area contributed by atoms with Crippen molar-refractivity contribution >= 4 is 26.8 Å². The van der Waals surface area contributed by atoms with E-state index in [1.165, 1.54) is 18.2 Å². The summed E-state index contributed by atoms with van der Waals surface area (Å²) in [5, 5.41) is 9.37. The predicted octanol–water partition coefficient (Wildman–Crippen LogP) is 2.39. The number of para-hydroxylation sites is 1. The normalized spacial score (nSPS) is 12.7. The number of rotatable bonds is 5. The molecule has 8 heteroatoms. The standard InChI is InChI=1S/C18H17N3O4S/c1-12(13-7-9-15(10-8-13)18(22)20-23)21-26(24,25)16-6-2-4-14-5-3-11-19-17(14)16/h2-12,21,23H,1H3,(H,20,22). The zero-order chi connectivity index (χ0) is 18.7. The smallest absolute Gasteiger partial charge is 0.274 e. The van der Waals surface area contributed by atoms with Crippen LogP contribution >= 0.6 is 0 Å². The van der Waals surface area contributed by atoms with Gasteiger partial charge in [0.2, 0.25) is 10.0 Å². The van der Waals surface area contributed by atoms with Crippen LogP contribution in [0.4, 0.5) is 0 Å². The van der Waals surface area contributed by atoms with E-state index in [-0.39, 0.29) is 10.5 Å². The third-order valence-corrected chi connectivity index (χ3v) is 5.56. The fourth-order valence-corrected chi connectivity index (χ4v) is 4.06. The van der Waals surface area contributed by atoms with Gasteiger partial charge in [0.05, 0.1) is 5.52 Å². The summed E-state index contributed by atoms with van der Waals surface area (Å²) in [6, 6.07) is 14.3. The summed E-state index contributed by atoms with van der Waals surface area (Å²) in [5.74, 6) is -0.633. The number of amides is 1. The van der Waals surface area contributed by atoms with Gasteiger partial charge >= 0.3 is 0 Å². The lowest BCUT2D eigenvalue weighted by molar-refractivity contribution is 0.0706. The molecule has 3 rings (SSSR count). The molecule has 134 valence electrons. The topological polar surface area (TPSA) is 108 Å². The highest BCUT2D eigenvalue weighted by Crippen LogP contribution is 2.23. The highest BCUT2D eigenvalue weighted by Gasteiger charge is 2.21. The van der Waals surface area contributed by atoms with Gasteiger partial charge in [-0.1, -0.05) is 30.3 Å². The number of carbonyl (C=O) groups excluding carboxylic acids is 1. The molecule has 1 atom stereocenters. The SMILES string of the molecule is CC(NS(=O)(=O)c1cccc2cccnc12)c1ccc(C(=O)NO)cc1. The molecule has 0 fully saturated rings. The number of sulfonamides is 1. The van der Waals surface area contributed by atoms with Crippen molar-refractivity contribution in [1.82, 2.24) is 15.2 Å². The van der Waals surface area contributed by atoms with E-state index in [0.717, 1.165) is 5.39 Å². The van der Waals surface area contributed by atoms with Crippen molar-refractivity contribution in [2.24, 2.45) is 0 Å². The molecule has 0 aliphatic rings. The molecule has 0 saturated heterocycles. The van der Waals surface area contributed by atoms with Gasteiger partial charge in [0.25, 0.3) is 5.91 Å². The van der Waals surface area contributed by atoms with E-state index in [9.17, 15) is 13.2 Å². The minimum atomic E-state index is -3.80. The van der Waals surface area contributed by atoms with E-state index < -0.39 is 22.0 Å². The van der Waals surface area contributed by atoms with E-state index in [4.69, 9.17) is 5.21 Å². The molecule has 1 aromatic heterocycles. The van der Waals surface area contributed by atoms with Gasteiger partial charge < -0.3 is 0 Å². The Morgan fingerprint density at radius 2 is 1.77 bits per heavy atom. The number of aromatic nitrogens is 1. The van der Waals surface area contributed by atoms with Crippen LogP contribution in [-0.4, -0.2) is 24.5 Å². The molecule has 1 heterocycles. The molecule has 3 aromatic rings. The first-order chi connectivity index (χ1) is 12.4. The van der Waals surface area contributed by atoms with Gasteiger partial charge in [-0.3, -0.25) is 15.0 Å². The van der Waals surface area contributed by atoms with Crippen molar-refractivity contribution in [2.75, 3.05) is 0 Å². The third kappa shape index (κ3) is 3.57. The van der Waals surface area contributed by atoms with Gasteiger partial charge in [-0.25, -0.2) is 18.6 Å². The number of benzene rings is 2. The molecule has 1 unspecified atom stereocenters. The van der Waals surface area contributed by atoms with Crippen LogP contribution in [0.25, 0.3) is 10.9 Å². The van der Waals surface area contributed by atoms with E-state index in [2.05, 4.69) is 9.71 Å². The summed E-state index contributed by atoms with van der Waals surface area (Å²) in [6.07, 6.45) is 1.55. The first kappa shape index (κ1) is 18.0. The lowest BCUT2D eigenvalue weighted by Gasteiger charge is -2.16. The molecule has 0 radical (unpaired) electrons. The van der Waals surface area contributed by atoms with Gasteiger partial charge in [0, 0.05) is 23.2 Å². The lowest BCUT2D eigenvalue weighted by atomic mass is 10.1. The molecular formula is C18H17N3O4S. The summed E-state index contributed by atoms with van der Waals surface area (Å²) in [5.41, 5.74) is 2.90. The maximum absolute atomic E-state index is 12.8. The number of nitrogens with one attached hydrogen (secondary N) is 2. The fourth-order valence-electron chi connectivity index (χ4n) is 2.65. The van der Waals surface area contributed by atoms with E-state index in [0.29, 0.717) is 11.1 Å². The van der Waals surface area contributed by atoms with E-state index >= 15 is 0 Å². The Morgan fingerprint density at radius 1 is 1.08 bits per heavy atom. The summed E-state index contributed by atoms with van der Waals surface area (Å²) in [6.45, 7) is 1.71. The van der Waals surface area contributed by atoms with Gasteiger partial charge in [-0.05, 0) is 36.8 Å². The van der Waals surface area contributed by atoms with Crippen molar-refractivity contribution in [3.63, 3.8) is 0 Å². The van der Waals surface area contributed by atoms with Gasteiger partial charge in [0.15, 0.2) is 0 Å². The number of hydrogen-bond donors (Lipinski definition) is 3. The quantitative estimate of drug-likeness (QED) is 0.471. The molecule has 0 aliphatic carbocycles. The van der Waals surface area contributed by atoms with Gasteiger partial charge in [-0.15, -0.1) is 0 Å². The number of hydrogen-bond acceptors (Lipinski definition) is 5. The van der Waals surface area contributed by atoms with Crippen molar-refractivity contribution in [3.8, 4) is 0 Å². The number of pyridine rings is 1. The Morgan fingerprint density at radius 3 is 2.46 bits per heavy atom. The monoisotopic (exact) mass is 371 g/mol. The first-order valence-electron chi connectivity index (χ1n) is 7.83. The fraction of sp³-hybridized carbons (Fsp3) is 0.111. The Kier molecular flexibility index (Phi) is 4.99. The second-order valence-electron chi connectivity index (χ2n) is 5.74. The van der Waals surface area contributed by atoms with Gasteiger partial charge in [-0.2, -0.15) is 0 Å². The molecule has 0 aliphatic heterocycles. The Labute approximate surface area is 150 Å². The maximum Gasteiger partial charge on any atom is 0.274 e. The summed E-state index contributed by atoms with van der Waals surface area (Å²) < 4.78 is 28.2. The van der Waals surface area contributed by atoms with Crippen LogP contribution in [0.5, 0.6) is 0 Å². The number of nitrogens with zero attached hydrogens (tertiary/aromatic N) is 1. The maximum atomic E-state index is 12.8. The Balaban J connectivity index is 1.88. The molecule has 1 amide bonds. The van der Waals surface area contributed by atoms with E-state index in [1.807, 2.05) is 0 Å². The molecule has 0 bridgehead atoms. The molecule has 2 aromatic carbocycles. The van der Waals surface area contributed by atoms with Crippen LogP contribution < -0.4 is 10.2 Å². The van der Waals surface area contributed by atoms with Crippen LogP contribution in [0.2, 0.25) is 0 Å². The summed E-state index contributed by atoms with van der Waals surface area (Å²) >= 11 is 0. The minimum absolute atomic E-state index is 0.110. The van der Waals surface area contributed by atoms with Crippen LogP contribution in [-0.2, 0) is 10.0 Å². The molecule has 26 heavy (non-hydrogen) atoms. The molecule has 7 nitrogen and oxygen atoms in total. The van der Waals surface area contributed by atoms with Crippen molar-refractivity contribution in [1.29, 1.82) is 0 Å². The average molecular weight is 371 g/mol. The predicted molar refractivity (Wildman–Crippen MR) is 96.2 cm³/mol. The number of fused-ring (bicyclic) bond motifs is 1. The van der Waals surface area contributed by atoms with Crippen molar-refractivity contribution < 1.29 is 18.4 Å². The first-order valence-corrected chi connectivity index (χ1v) is 9.31. The van der Waals surface area contributed by atoms with Crippen LogP contribution in [0.1, 0.15) is 28.9 Å². The minimum Gasteiger partial charge on any atom is -0.288 e. The molecule has 0 saturated carbocycles. The summed E-state index contributed by atoms with van der Waals surface area (Å²) in [4.78, 5) is 15.6. The van der Waals surface area contributed by atoms with E-state index in [1.54, 1.807) is 55.0 Å². The highest BCUT2D eigenvalue weighted by molar-refractivity contribution is 7.89. The molecule has 3 N–H and O–H groups in total. The number of hydroxylamine groups is 1. The number of carbonyl (C=O) groups is 1. The molecule has 0 spiro atoms. The Bertz CT molecular complexity index is 1040. The second kappa shape index (κ2) is 7.20. The zero-order valence-corrected chi connectivity index (χ0v) is 14.7. The van der Waals surface area contributed by atoms with Crippen LogP contribution in [0, 0.1) is 0 Å². The lowest BCUT2D eigenvalue weighted by Crippen LogP contribution is -2.27. The second-order valence-corrected chi connectivity index (χ2v) is 7.42. The van der Waals surface area contributed by atoms with Crippen molar-refractivity contribution in [2.45, 2.75) is 17.9 Å². The molecular weight excluding hydrogens is 354 g/mol. The average Bonchev–Trinajstić information content (AvgIpc) is 2.66. The highest BCUT2D eigenvalue weighted by atomic mass is 32.2. The Hall–Kier alpha value is -2.81. The van der Waals surface area contributed by atoms with Crippen LogP contribution in [0.15, 0.2) is 65.7 Å². The summed E-state index contributed by atoms with van der Waals surface area (Å²) in [7, 11) is -3.80. The van der Waals surface area contributed by atoms with Crippen LogP contribution in [0.3, 0.4) is 0 Å². The van der Waals surface area contributed by atoms with Gasteiger partial charge in [0.1, 0.15) is 4.90 Å².